The molecule has 0 aliphatic rings. The van der Waals surface area contributed by atoms with Crippen LogP contribution in [0, 0.1) is 0 Å². The number of aromatic nitrogens is 2. The molecule has 0 fully saturated rings. The van der Waals surface area contributed by atoms with E-state index in [1.807, 2.05) is 14.1 Å². The van der Waals surface area contributed by atoms with Gasteiger partial charge < -0.3 is 15.2 Å². The predicted molar refractivity (Wildman–Crippen MR) is 58.5 cm³/mol. The summed E-state index contributed by atoms with van der Waals surface area (Å²) in [5, 5.41) is 3.92. The van der Waals surface area contributed by atoms with Crippen molar-refractivity contribution in [1.82, 2.24) is 15.0 Å². The van der Waals surface area contributed by atoms with Gasteiger partial charge in [-0.3, -0.25) is 0 Å². The van der Waals surface area contributed by atoms with Gasteiger partial charge in [0, 0.05) is 19.4 Å². The average Bonchev–Trinajstić information content (AvgIpc) is 2.63. The monoisotopic (exact) mass is 212 g/mol. The molecule has 5 nitrogen and oxygen atoms in total. The molecule has 0 aliphatic heterocycles. The number of hydrogen-bond acceptors (Lipinski definition) is 5. The smallest absolute Gasteiger partial charge is 0.226 e. The molecule has 0 atom stereocenters. The lowest BCUT2D eigenvalue weighted by Gasteiger charge is -2.05. The van der Waals surface area contributed by atoms with Crippen molar-refractivity contribution in [3.05, 3.63) is 11.7 Å². The second-order valence-electron chi connectivity index (χ2n) is 3.90. The lowest BCUT2D eigenvalue weighted by molar-refractivity contribution is 0.363. The number of nitrogens with two attached hydrogens (primary N) is 1. The van der Waals surface area contributed by atoms with Crippen LogP contribution < -0.4 is 5.73 Å². The van der Waals surface area contributed by atoms with E-state index in [9.17, 15) is 0 Å². The molecule has 1 heterocycles. The zero-order valence-corrected chi connectivity index (χ0v) is 9.57. The highest BCUT2D eigenvalue weighted by molar-refractivity contribution is 4.87. The highest BCUT2D eigenvalue weighted by Gasteiger charge is 2.05. The summed E-state index contributed by atoms with van der Waals surface area (Å²) in [4.78, 5) is 6.41. The van der Waals surface area contributed by atoms with E-state index in [0.29, 0.717) is 0 Å². The predicted octanol–water partition coefficient (Wildman–Crippen LogP) is 0.455. The second-order valence-corrected chi connectivity index (χ2v) is 3.90. The Morgan fingerprint density at radius 3 is 2.73 bits per heavy atom. The van der Waals surface area contributed by atoms with Crippen LogP contribution in [0.1, 0.15) is 24.6 Å². The lowest BCUT2D eigenvalue weighted by Crippen LogP contribution is -2.15. The topological polar surface area (TPSA) is 68.2 Å². The van der Waals surface area contributed by atoms with Crippen LogP contribution in [0.5, 0.6) is 0 Å². The van der Waals surface area contributed by atoms with Gasteiger partial charge in [0.05, 0.1) is 0 Å². The molecule has 0 unspecified atom stereocenters. The lowest BCUT2D eigenvalue weighted by atomic mass is 10.2. The molecular weight excluding hydrogens is 192 g/mol. The Bertz CT molecular complexity index is 272. The van der Waals surface area contributed by atoms with Crippen molar-refractivity contribution < 1.29 is 4.52 Å². The van der Waals surface area contributed by atoms with Gasteiger partial charge in [-0.1, -0.05) is 5.16 Å². The average molecular weight is 212 g/mol. The Morgan fingerprint density at radius 2 is 2.07 bits per heavy atom. The van der Waals surface area contributed by atoms with Crippen molar-refractivity contribution in [1.29, 1.82) is 0 Å². The van der Waals surface area contributed by atoms with Gasteiger partial charge in [0.2, 0.25) is 5.89 Å². The first kappa shape index (κ1) is 12.1. The quantitative estimate of drug-likeness (QED) is 0.665. The molecule has 1 rings (SSSR count). The minimum atomic E-state index is 0.724. The van der Waals surface area contributed by atoms with Gasteiger partial charge in [0.15, 0.2) is 5.82 Å². The van der Waals surface area contributed by atoms with Crippen LogP contribution in [-0.4, -0.2) is 42.2 Å². The van der Waals surface area contributed by atoms with Gasteiger partial charge in [-0.05, 0) is 33.5 Å². The molecule has 15 heavy (non-hydrogen) atoms. The third kappa shape index (κ3) is 4.90. The molecule has 0 aliphatic carbocycles. The summed E-state index contributed by atoms with van der Waals surface area (Å²) in [6.07, 6.45) is 3.71. The summed E-state index contributed by atoms with van der Waals surface area (Å²) in [5.41, 5.74) is 5.41. The van der Waals surface area contributed by atoms with E-state index in [4.69, 9.17) is 10.3 Å². The van der Waals surface area contributed by atoms with Crippen LogP contribution in [0.15, 0.2) is 4.52 Å². The molecule has 1 aromatic rings. The van der Waals surface area contributed by atoms with Crippen molar-refractivity contribution in [2.75, 3.05) is 27.2 Å². The maximum atomic E-state index is 5.41. The Hall–Kier alpha value is -0.940. The van der Waals surface area contributed by atoms with Gasteiger partial charge >= 0.3 is 0 Å². The summed E-state index contributed by atoms with van der Waals surface area (Å²) in [5.74, 6) is 1.53. The van der Waals surface area contributed by atoms with Crippen LogP contribution in [0.25, 0.3) is 0 Å². The Balaban J connectivity index is 2.29. The minimum Gasteiger partial charge on any atom is -0.339 e. The van der Waals surface area contributed by atoms with Crippen LogP contribution in [-0.2, 0) is 12.8 Å². The van der Waals surface area contributed by atoms with Gasteiger partial charge in [0.1, 0.15) is 0 Å². The third-order valence-electron chi connectivity index (χ3n) is 2.14. The molecule has 0 radical (unpaired) electrons. The Labute approximate surface area is 90.6 Å². The fourth-order valence-electron chi connectivity index (χ4n) is 1.24. The first-order valence-corrected chi connectivity index (χ1v) is 5.38. The van der Waals surface area contributed by atoms with E-state index >= 15 is 0 Å². The van der Waals surface area contributed by atoms with Crippen molar-refractivity contribution in [2.24, 2.45) is 5.73 Å². The molecule has 0 saturated carbocycles. The number of unbranched alkanes of at least 4 members (excludes halogenated alkanes) is 1. The first-order chi connectivity index (χ1) is 7.22. The molecule has 1 aromatic heterocycles. The SMILES string of the molecule is CN(C)CCc1noc(CCCCN)n1. The molecule has 2 N–H and O–H groups in total. The number of likely N-dealkylation sites (N-methyl/N-ethyl adjacent to an activating group) is 1. The van der Waals surface area contributed by atoms with Crippen LogP contribution in [0.2, 0.25) is 0 Å². The number of hydrogen-bond donors (Lipinski definition) is 1. The first-order valence-electron chi connectivity index (χ1n) is 5.38. The molecule has 0 spiro atoms. The van der Waals surface area contributed by atoms with Crippen LogP contribution >= 0.6 is 0 Å². The third-order valence-corrected chi connectivity index (χ3v) is 2.14. The van der Waals surface area contributed by atoms with E-state index in [-0.39, 0.29) is 0 Å². The molecule has 5 heteroatoms. The highest BCUT2D eigenvalue weighted by Crippen LogP contribution is 2.03. The maximum absolute atomic E-state index is 5.41. The summed E-state index contributed by atoms with van der Waals surface area (Å²) in [6, 6.07) is 0. The Morgan fingerprint density at radius 1 is 1.27 bits per heavy atom. The maximum Gasteiger partial charge on any atom is 0.226 e. The van der Waals surface area contributed by atoms with Crippen molar-refractivity contribution in [3.8, 4) is 0 Å². The number of rotatable bonds is 7. The fraction of sp³-hybridized carbons (Fsp3) is 0.800. The molecular formula is C10H20N4O. The van der Waals surface area contributed by atoms with E-state index in [2.05, 4.69) is 15.0 Å². The van der Waals surface area contributed by atoms with Crippen molar-refractivity contribution in [3.63, 3.8) is 0 Å². The highest BCUT2D eigenvalue weighted by atomic mass is 16.5. The van der Waals surface area contributed by atoms with Gasteiger partial charge in [-0.15, -0.1) is 0 Å². The van der Waals surface area contributed by atoms with E-state index in [1.165, 1.54) is 0 Å². The van der Waals surface area contributed by atoms with Crippen molar-refractivity contribution in [2.45, 2.75) is 25.7 Å². The molecule has 0 aromatic carbocycles. The second kappa shape index (κ2) is 6.53. The van der Waals surface area contributed by atoms with Crippen molar-refractivity contribution >= 4 is 0 Å². The van der Waals surface area contributed by atoms with Gasteiger partial charge in [-0.25, -0.2) is 0 Å². The summed E-state index contributed by atoms with van der Waals surface area (Å²) < 4.78 is 5.12. The summed E-state index contributed by atoms with van der Waals surface area (Å²) in [7, 11) is 4.06. The molecule has 0 saturated heterocycles. The van der Waals surface area contributed by atoms with Crippen LogP contribution in [0.3, 0.4) is 0 Å². The van der Waals surface area contributed by atoms with E-state index in [0.717, 1.165) is 50.5 Å². The molecule has 0 amide bonds. The largest absolute Gasteiger partial charge is 0.339 e. The van der Waals surface area contributed by atoms with E-state index < -0.39 is 0 Å². The standard InChI is InChI=1S/C10H20N4O/c1-14(2)8-6-9-12-10(15-13-9)5-3-4-7-11/h3-8,11H2,1-2H3. The summed E-state index contributed by atoms with van der Waals surface area (Å²) in [6.45, 7) is 1.67. The normalized spacial score (nSPS) is 11.2. The van der Waals surface area contributed by atoms with Crippen LogP contribution in [0.4, 0.5) is 0 Å². The molecule has 0 bridgehead atoms. The number of nitrogens with zero attached hydrogens (tertiary/aromatic N) is 3. The zero-order valence-electron chi connectivity index (χ0n) is 9.57. The number of aryl methyl sites for hydroxylation is 1. The summed E-state index contributed by atoms with van der Waals surface area (Å²) >= 11 is 0. The van der Waals surface area contributed by atoms with Gasteiger partial charge in [0.25, 0.3) is 0 Å². The van der Waals surface area contributed by atoms with E-state index in [1.54, 1.807) is 0 Å². The minimum absolute atomic E-state index is 0.724. The Kier molecular flexibility index (Phi) is 5.28. The fourth-order valence-corrected chi connectivity index (χ4v) is 1.24. The van der Waals surface area contributed by atoms with Gasteiger partial charge in [-0.2, -0.15) is 4.98 Å². The molecule has 86 valence electrons. The zero-order chi connectivity index (χ0) is 11.1.